The first-order valence-corrected chi connectivity index (χ1v) is 11.4. The molecule has 29 heavy (non-hydrogen) atoms. The smallest absolute Gasteiger partial charge is 0.262 e. The van der Waals surface area contributed by atoms with Crippen molar-refractivity contribution in [2.24, 2.45) is 5.10 Å². The molecule has 0 spiro atoms. The number of aromatic nitrogens is 4. The van der Waals surface area contributed by atoms with Crippen molar-refractivity contribution < 1.29 is 4.79 Å². The number of hydrazone groups is 1. The zero-order chi connectivity index (χ0) is 20.5. The normalized spacial score (nSPS) is 12.0. The lowest BCUT2D eigenvalue weighted by molar-refractivity contribution is -0.121. The highest BCUT2D eigenvalue weighted by Crippen LogP contribution is 2.27. The van der Waals surface area contributed by atoms with Crippen LogP contribution in [0.4, 0.5) is 0 Å². The third-order valence-electron chi connectivity index (χ3n) is 3.94. The van der Waals surface area contributed by atoms with Gasteiger partial charge in [0.25, 0.3) is 11.5 Å². The quantitative estimate of drug-likeness (QED) is 0.279. The second-order valence-electron chi connectivity index (χ2n) is 6.57. The van der Waals surface area contributed by atoms with Gasteiger partial charge in [-0.25, -0.2) is 15.4 Å². The van der Waals surface area contributed by atoms with Crippen LogP contribution in [0.3, 0.4) is 0 Å². The number of rotatable bonds is 6. The van der Waals surface area contributed by atoms with Gasteiger partial charge in [-0.3, -0.25) is 18.6 Å². The summed E-state index contributed by atoms with van der Waals surface area (Å²) in [6.45, 7) is 5.96. The number of hydrogen-bond donors (Lipinski definition) is 1. The Labute approximate surface area is 178 Å². The fourth-order valence-corrected chi connectivity index (χ4v) is 5.23. The molecule has 0 bridgehead atoms. The van der Waals surface area contributed by atoms with E-state index < -0.39 is 5.91 Å². The molecule has 0 fully saturated rings. The third kappa shape index (κ3) is 4.11. The first kappa shape index (κ1) is 19.8. The summed E-state index contributed by atoms with van der Waals surface area (Å²) in [5.74, 6) is -0.402. The highest BCUT2D eigenvalue weighted by molar-refractivity contribution is 7.99. The lowest BCUT2D eigenvalue weighted by Gasteiger charge is -2.04. The highest BCUT2D eigenvalue weighted by Gasteiger charge is 2.14. The second kappa shape index (κ2) is 8.09. The van der Waals surface area contributed by atoms with Crippen molar-refractivity contribution in [2.75, 3.05) is 0 Å². The van der Waals surface area contributed by atoms with Crippen LogP contribution in [0.1, 0.15) is 24.4 Å². The van der Waals surface area contributed by atoms with Crippen molar-refractivity contribution in [2.45, 2.75) is 37.6 Å². The number of nitrogens with one attached hydrogen (secondary N) is 1. The third-order valence-corrected chi connectivity index (χ3v) is 6.65. The van der Waals surface area contributed by atoms with E-state index in [4.69, 9.17) is 0 Å². The summed E-state index contributed by atoms with van der Waals surface area (Å²) in [7, 11) is 0. The van der Waals surface area contributed by atoms with Gasteiger partial charge in [0, 0.05) is 21.7 Å². The Hall–Kier alpha value is -2.50. The zero-order valence-electron chi connectivity index (χ0n) is 15.9. The van der Waals surface area contributed by atoms with E-state index in [9.17, 15) is 9.59 Å². The maximum atomic E-state index is 12.5. The van der Waals surface area contributed by atoms with Gasteiger partial charge >= 0.3 is 0 Å². The molecular weight excluding hydrogens is 428 g/mol. The highest BCUT2D eigenvalue weighted by atomic mass is 32.2. The Kier molecular flexibility index (Phi) is 5.52. The molecule has 1 N–H and O–H groups in total. The number of aryl methyl sites for hydroxylation is 1. The lowest BCUT2D eigenvalue weighted by Crippen LogP contribution is -2.29. The molecule has 4 rings (SSSR count). The van der Waals surface area contributed by atoms with Crippen LogP contribution in [0.2, 0.25) is 0 Å². The summed E-state index contributed by atoms with van der Waals surface area (Å²) >= 11 is 4.64. The molecule has 11 heteroatoms. The Morgan fingerprint density at radius 1 is 1.45 bits per heavy atom. The predicted molar refractivity (Wildman–Crippen MR) is 118 cm³/mol. The van der Waals surface area contributed by atoms with E-state index in [-0.39, 0.29) is 12.1 Å². The number of thiophene rings is 1. The maximum absolute atomic E-state index is 12.5. The molecule has 0 radical (unpaired) electrons. The monoisotopic (exact) mass is 446 g/mol. The van der Waals surface area contributed by atoms with Gasteiger partial charge in [-0.1, -0.05) is 13.8 Å². The van der Waals surface area contributed by atoms with Gasteiger partial charge in [-0.2, -0.15) is 5.10 Å². The number of imidazole rings is 1. The van der Waals surface area contributed by atoms with Gasteiger partial charge in [0.15, 0.2) is 4.96 Å². The van der Waals surface area contributed by atoms with Crippen molar-refractivity contribution in [3.63, 3.8) is 0 Å². The minimum Gasteiger partial charge on any atom is -0.289 e. The van der Waals surface area contributed by atoms with E-state index in [1.165, 1.54) is 22.2 Å². The molecule has 0 atom stereocenters. The van der Waals surface area contributed by atoms with Crippen LogP contribution < -0.4 is 11.0 Å². The number of amides is 1. The zero-order valence-corrected chi connectivity index (χ0v) is 18.4. The first-order chi connectivity index (χ1) is 13.9. The standard InChI is InChI=1S/C18H18N6O2S3/c1-10(2)28-16-13(24-4-5-27-18(24)21-16)7-20-22-14(25)8-23-9-19-15-12(17(23)26)6-11(3)29-15/h4-7,9-10H,8H2,1-3H3,(H,22,25)/b20-7+. The van der Waals surface area contributed by atoms with Gasteiger partial charge in [0.05, 0.1) is 17.9 Å². The van der Waals surface area contributed by atoms with Crippen molar-refractivity contribution >= 4 is 61.7 Å². The van der Waals surface area contributed by atoms with Crippen molar-refractivity contribution in [3.05, 3.63) is 44.9 Å². The summed E-state index contributed by atoms with van der Waals surface area (Å²) in [5.41, 5.74) is 3.07. The number of thioether (sulfide) groups is 1. The van der Waals surface area contributed by atoms with Gasteiger partial charge < -0.3 is 0 Å². The molecule has 0 aromatic carbocycles. The van der Waals surface area contributed by atoms with Crippen LogP contribution in [0, 0.1) is 6.92 Å². The van der Waals surface area contributed by atoms with Crippen LogP contribution in [0.25, 0.3) is 15.2 Å². The van der Waals surface area contributed by atoms with E-state index in [1.54, 1.807) is 35.4 Å². The van der Waals surface area contributed by atoms with Crippen LogP contribution in [0.5, 0.6) is 0 Å². The fraction of sp³-hybridized carbons (Fsp3) is 0.278. The van der Waals surface area contributed by atoms with Gasteiger partial charge in [-0.15, -0.1) is 34.4 Å². The average Bonchev–Trinajstić information content (AvgIpc) is 3.33. The van der Waals surface area contributed by atoms with Crippen molar-refractivity contribution in [1.82, 2.24) is 24.4 Å². The van der Waals surface area contributed by atoms with Gasteiger partial charge in [0.2, 0.25) is 0 Å². The van der Waals surface area contributed by atoms with Crippen LogP contribution in [0.15, 0.2) is 38.9 Å². The Morgan fingerprint density at radius 3 is 3.07 bits per heavy atom. The molecule has 4 aromatic heterocycles. The Balaban J connectivity index is 1.49. The molecule has 0 aliphatic carbocycles. The lowest BCUT2D eigenvalue weighted by atomic mass is 10.3. The predicted octanol–water partition coefficient (Wildman–Crippen LogP) is 3.13. The molecule has 0 unspecified atom stereocenters. The van der Waals surface area contributed by atoms with Crippen LogP contribution >= 0.6 is 34.4 Å². The van der Waals surface area contributed by atoms with E-state index >= 15 is 0 Å². The van der Waals surface area contributed by atoms with Crippen LogP contribution in [-0.2, 0) is 11.3 Å². The molecular formula is C18H18N6O2S3. The molecule has 150 valence electrons. The second-order valence-corrected chi connectivity index (χ2v) is 10.2. The number of fused-ring (bicyclic) bond motifs is 2. The molecule has 0 aliphatic heterocycles. The largest absolute Gasteiger partial charge is 0.289 e. The fourth-order valence-electron chi connectivity index (χ4n) is 2.76. The van der Waals surface area contributed by atoms with Crippen molar-refractivity contribution in [3.8, 4) is 0 Å². The summed E-state index contributed by atoms with van der Waals surface area (Å²) in [4.78, 5) is 36.2. The Morgan fingerprint density at radius 2 is 2.28 bits per heavy atom. The Bertz CT molecular complexity index is 1280. The molecule has 4 aromatic rings. The van der Waals surface area contributed by atoms with Gasteiger partial charge in [-0.05, 0) is 13.0 Å². The molecule has 0 aliphatic rings. The van der Waals surface area contributed by atoms with E-state index in [0.717, 1.165) is 20.6 Å². The summed E-state index contributed by atoms with van der Waals surface area (Å²) in [6, 6.07) is 1.79. The topological polar surface area (TPSA) is 93.6 Å². The minimum absolute atomic E-state index is 0.151. The minimum atomic E-state index is -0.402. The SMILES string of the molecule is Cc1cc2c(=O)n(CC(=O)N/N=C/c3c(SC(C)C)nc4sccn34)cnc2s1. The average molecular weight is 447 g/mol. The number of nitrogens with zero attached hydrogens (tertiary/aromatic N) is 5. The number of thiazole rings is 1. The van der Waals surface area contributed by atoms with Crippen molar-refractivity contribution in [1.29, 1.82) is 0 Å². The number of carbonyl (C=O) groups is 1. The molecule has 0 saturated heterocycles. The summed E-state index contributed by atoms with van der Waals surface area (Å²) in [6.07, 6.45) is 4.90. The number of carbonyl (C=O) groups excluding carboxylic acids is 1. The van der Waals surface area contributed by atoms with E-state index in [1.807, 2.05) is 22.9 Å². The molecule has 8 nitrogen and oxygen atoms in total. The van der Waals surface area contributed by atoms with Gasteiger partial charge in [0.1, 0.15) is 22.1 Å². The summed E-state index contributed by atoms with van der Waals surface area (Å²) in [5, 5.41) is 7.79. The maximum Gasteiger partial charge on any atom is 0.262 e. The van der Waals surface area contributed by atoms with Crippen LogP contribution in [-0.4, -0.2) is 36.3 Å². The molecule has 0 saturated carbocycles. The van der Waals surface area contributed by atoms with E-state index in [2.05, 4.69) is 34.3 Å². The number of hydrogen-bond acceptors (Lipinski definition) is 8. The van der Waals surface area contributed by atoms with E-state index in [0.29, 0.717) is 15.5 Å². The molecule has 4 heterocycles. The first-order valence-electron chi connectivity index (χ1n) is 8.82. The molecule has 1 amide bonds. The summed E-state index contributed by atoms with van der Waals surface area (Å²) < 4.78 is 3.22.